The highest BCUT2D eigenvalue weighted by Crippen LogP contribution is 2.30. The number of nitrogens with one attached hydrogen (secondary N) is 1. The molecule has 2 saturated heterocycles. The summed E-state index contributed by atoms with van der Waals surface area (Å²) >= 11 is 0. The maximum atomic E-state index is 12.8. The van der Waals surface area contributed by atoms with Crippen molar-refractivity contribution in [2.75, 3.05) is 11.5 Å². The first-order valence-electron chi connectivity index (χ1n) is 7.69. The lowest BCUT2D eigenvalue weighted by Gasteiger charge is -2.34. The molecule has 0 spiro atoms. The molecule has 2 fully saturated rings. The van der Waals surface area contributed by atoms with Crippen molar-refractivity contribution >= 4 is 16.7 Å². The number of rotatable bonds is 3. The van der Waals surface area contributed by atoms with Crippen molar-refractivity contribution in [3.8, 4) is 0 Å². The number of benzene rings is 1. The van der Waals surface area contributed by atoms with Gasteiger partial charge in [0.15, 0.2) is 0 Å². The van der Waals surface area contributed by atoms with Crippen LogP contribution in [0.1, 0.15) is 37.8 Å². The highest BCUT2D eigenvalue weighted by atomic mass is 32.2. The Hall–Kier alpha value is -1.20. The molecule has 0 aliphatic carbocycles. The smallest absolute Gasteiger partial charge is 0.245 e. The van der Waals surface area contributed by atoms with E-state index in [4.69, 9.17) is 0 Å². The quantitative estimate of drug-likeness (QED) is 0.926. The average molecular weight is 306 g/mol. The minimum Gasteiger partial charge on any atom is -0.322 e. The third-order valence-corrected chi connectivity index (χ3v) is 5.85. The molecule has 1 amide bonds. The summed E-state index contributed by atoms with van der Waals surface area (Å²) < 4.78 is 11.5. The van der Waals surface area contributed by atoms with E-state index in [2.05, 4.69) is 12.2 Å². The second-order valence-electron chi connectivity index (χ2n) is 5.76. The molecule has 2 aliphatic heterocycles. The molecular formula is C16H22N2O2S. The summed E-state index contributed by atoms with van der Waals surface area (Å²) in [7, 11) is -0.689. The molecular weight excluding hydrogens is 284 g/mol. The minimum absolute atomic E-state index is 0.0965. The van der Waals surface area contributed by atoms with Gasteiger partial charge >= 0.3 is 0 Å². The second kappa shape index (κ2) is 6.28. The largest absolute Gasteiger partial charge is 0.322 e. The van der Waals surface area contributed by atoms with Gasteiger partial charge in [-0.2, -0.15) is 0 Å². The van der Waals surface area contributed by atoms with E-state index in [1.165, 1.54) is 0 Å². The van der Waals surface area contributed by atoms with Crippen LogP contribution in [-0.2, 0) is 15.6 Å². The van der Waals surface area contributed by atoms with E-state index < -0.39 is 10.8 Å². The van der Waals surface area contributed by atoms with Crippen molar-refractivity contribution in [2.24, 2.45) is 0 Å². The van der Waals surface area contributed by atoms with Gasteiger partial charge < -0.3 is 4.90 Å². The molecule has 1 aromatic carbocycles. The lowest BCUT2D eigenvalue weighted by atomic mass is 10.1. The maximum absolute atomic E-state index is 12.8. The van der Waals surface area contributed by atoms with Crippen LogP contribution >= 0.6 is 0 Å². The van der Waals surface area contributed by atoms with E-state index in [9.17, 15) is 9.00 Å². The number of carbonyl (C=O) groups excluding carboxylic acids is 1. The lowest BCUT2D eigenvalue weighted by Crippen LogP contribution is -2.47. The molecule has 4 nitrogen and oxygen atoms in total. The van der Waals surface area contributed by atoms with Gasteiger partial charge in [-0.15, -0.1) is 0 Å². The second-order valence-corrected chi connectivity index (χ2v) is 7.46. The monoisotopic (exact) mass is 306 g/mol. The summed E-state index contributed by atoms with van der Waals surface area (Å²) in [5.74, 6) is 1.62. The van der Waals surface area contributed by atoms with Gasteiger partial charge in [0.1, 0.15) is 6.04 Å². The molecule has 0 aromatic heterocycles. The molecule has 0 saturated carbocycles. The molecule has 0 bridgehead atoms. The summed E-state index contributed by atoms with van der Waals surface area (Å²) in [6, 6.07) is 9.91. The predicted molar refractivity (Wildman–Crippen MR) is 84.1 cm³/mol. The topological polar surface area (TPSA) is 49.4 Å². The Kier molecular flexibility index (Phi) is 4.40. The first-order valence-corrected chi connectivity index (χ1v) is 9.17. The Labute approximate surface area is 128 Å². The highest BCUT2D eigenvalue weighted by Gasteiger charge is 2.42. The van der Waals surface area contributed by atoms with Crippen LogP contribution in [0.15, 0.2) is 30.3 Å². The zero-order chi connectivity index (χ0) is 14.8. The van der Waals surface area contributed by atoms with Crippen LogP contribution in [-0.4, -0.2) is 38.7 Å². The summed E-state index contributed by atoms with van der Waals surface area (Å²) in [4.78, 5) is 14.9. The fourth-order valence-corrected chi connectivity index (χ4v) is 4.61. The van der Waals surface area contributed by atoms with Gasteiger partial charge in [0.05, 0.1) is 6.17 Å². The van der Waals surface area contributed by atoms with Crippen molar-refractivity contribution < 1.29 is 9.00 Å². The Bertz CT molecular complexity index is 524. The van der Waals surface area contributed by atoms with Gasteiger partial charge in [-0.25, -0.2) is 0 Å². The van der Waals surface area contributed by atoms with Gasteiger partial charge in [0.2, 0.25) is 5.91 Å². The van der Waals surface area contributed by atoms with Crippen molar-refractivity contribution in [3.05, 3.63) is 35.9 Å². The Morgan fingerprint density at radius 1 is 1.24 bits per heavy atom. The third-order valence-electron chi connectivity index (χ3n) is 4.47. The zero-order valence-electron chi connectivity index (χ0n) is 12.3. The summed E-state index contributed by atoms with van der Waals surface area (Å²) in [5.41, 5.74) is 1.03. The van der Waals surface area contributed by atoms with Crippen LogP contribution in [0.4, 0.5) is 0 Å². The SMILES string of the molecule is CCC1NC(c2ccccc2)C(=O)N1C1CCS(=O)CC1. The number of hydrogen-bond acceptors (Lipinski definition) is 3. The molecule has 2 unspecified atom stereocenters. The first kappa shape index (κ1) is 14.7. The van der Waals surface area contributed by atoms with Crippen LogP contribution < -0.4 is 5.32 Å². The van der Waals surface area contributed by atoms with Crippen LogP contribution in [0, 0.1) is 0 Å². The molecule has 3 rings (SSSR count). The third kappa shape index (κ3) is 2.90. The van der Waals surface area contributed by atoms with Gasteiger partial charge in [-0.05, 0) is 24.8 Å². The highest BCUT2D eigenvalue weighted by molar-refractivity contribution is 7.85. The molecule has 5 heteroatoms. The zero-order valence-corrected chi connectivity index (χ0v) is 13.1. The fourth-order valence-electron chi connectivity index (χ4n) is 3.34. The van der Waals surface area contributed by atoms with Crippen molar-refractivity contribution in [1.82, 2.24) is 10.2 Å². The van der Waals surface area contributed by atoms with Crippen LogP contribution in [0.2, 0.25) is 0 Å². The standard InChI is InChI=1S/C16H22N2O2S/c1-2-14-17-15(12-6-4-3-5-7-12)16(19)18(14)13-8-10-21(20)11-9-13/h3-7,13-15,17H,2,8-11H2,1H3. The molecule has 2 atom stereocenters. The lowest BCUT2D eigenvalue weighted by molar-refractivity contribution is -0.132. The van der Waals surface area contributed by atoms with E-state index in [-0.39, 0.29) is 24.2 Å². The van der Waals surface area contributed by atoms with E-state index >= 15 is 0 Å². The predicted octanol–water partition coefficient (Wildman–Crippen LogP) is 1.81. The first-order chi connectivity index (χ1) is 10.2. The van der Waals surface area contributed by atoms with Gasteiger partial charge in [0.25, 0.3) is 0 Å². The van der Waals surface area contributed by atoms with Crippen LogP contribution in [0.25, 0.3) is 0 Å². The van der Waals surface area contributed by atoms with Crippen LogP contribution in [0.5, 0.6) is 0 Å². The molecule has 21 heavy (non-hydrogen) atoms. The number of nitrogens with zero attached hydrogens (tertiary/aromatic N) is 1. The molecule has 1 N–H and O–H groups in total. The van der Waals surface area contributed by atoms with E-state index in [1.807, 2.05) is 35.2 Å². The summed E-state index contributed by atoms with van der Waals surface area (Å²) in [5, 5.41) is 3.47. The normalized spacial score (nSPS) is 33.4. The number of carbonyl (C=O) groups is 1. The van der Waals surface area contributed by atoms with Crippen molar-refractivity contribution in [3.63, 3.8) is 0 Å². The van der Waals surface area contributed by atoms with Crippen molar-refractivity contribution in [2.45, 2.75) is 44.4 Å². The Morgan fingerprint density at radius 3 is 2.52 bits per heavy atom. The van der Waals surface area contributed by atoms with E-state index in [0.717, 1.165) is 36.3 Å². The molecule has 1 aromatic rings. The molecule has 2 aliphatic rings. The minimum atomic E-state index is -0.689. The molecule has 2 heterocycles. The molecule has 114 valence electrons. The Balaban J connectivity index is 1.80. The van der Waals surface area contributed by atoms with E-state index in [0.29, 0.717) is 0 Å². The number of amides is 1. The summed E-state index contributed by atoms with van der Waals surface area (Å²) in [6.45, 7) is 2.10. The van der Waals surface area contributed by atoms with Gasteiger partial charge in [0, 0.05) is 28.3 Å². The number of hydrogen-bond donors (Lipinski definition) is 1. The van der Waals surface area contributed by atoms with E-state index in [1.54, 1.807) is 0 Å². The fraction of sp³-hybridized carbons (Fsp3) is 0.562. The van der Waals surface area contributed by atoms with Gasteiger partial charge in [-0.1, -0.05) is 37.3 Å². The van der Waals surface area contributed by atoms with Crippen molar-refractivity contribution in [1.29, 1.82) is 0 Å². The Morgan fingerprint density at radius 2 is 1.90 bits per heavy atom. The van der Waals surface area contributed by atoms with Crippen LogP contribution in [0.3, 0.4) is 0 Å². The van der Waals surface area contributed by atoms with Gasteiger partial charge in [-0.3, -0.25) is 14.3 Å². The summed E-state index contributed by atoms with van der Waals surface area (Å²) in [6.07, 6.45) is 2.71. The average Bonchev–Trinajstić information content (AvgIpc) is 2.86. The maximum Gasteiger partial charge on any atom is 0.245 e. The molecule has 0 radical (unpaired) electrons.